The van der Waals surface area contributed by atoms with Crippen LogP contribution in [0.25, 0.3) is 0 Å². The molecule has 0 radical (unpaired) electrons. The summed E-state index contributed by atoms with van der Waals surface area (Å²) in [7, 11) is -4.32. The van der Waals surface area contributed by atoms with Gasteiger partial charge in [0.15, 0.2) is 5.75 Å². The fourth-order valence-electron chi connectivity index (χ4n) is 1.98. The number of aryl methyl sites for hydroxylation is 1. The molecule has 1 atom stereocenters. The van der Waals surface area contributed by atoms with Gasteiger partial charge >= 0.3 is 5.97 Å². The molecule has 1 unspecified atom stereocenters. The van der Waals surface area contributed by atoms with E-state index in [1.165, 1.54) is 0 Å². The maximum Gasteiger partial charge on any atom is 0.324 e. The van der Waals surface area contributed by atoms with Crippen molar-refractivity contribution in [3.05, 3.63) is 35.4 Å². The highest BCUT2D eigenvalue weighted by molar-refractivity contribution is 7.86. The lowest BCUT2D eigenvalue weighted by molar-refractivity contribution is -0.146. The number of rotatable bonds is 3. The molecule has 0 aromatic heterocycles. The van der Waals surface area contributed by atoms with Crippen molar-refractivity contribution in [2.45, 2.75) is 18.9 Å². The fraction of sp³-hybridized carbons (Fsp3) is 0.364. The summed E-state index contributed by atoms with van der Waals surface area (Å²) >= 11 is 0. The van der Waals surface area contributed by atoms with Crippen molar-refractivity contribution in [3.8, 4) is 0 Å². The van der Waals surface area contributed by atoms with Crippen LogP contribution in [0.2, 0.25) is 0 Å². The normalized spacial score (nSPS) is 18.8. The lowest BCUT2D eigenvalue weighted by Crippen LogP contribution is -2.19. The van der Waals surface area contributed by atoms with Gasteiger partial charge < -0.3 is 4.74 Å². The SMILES string of the molecule is O=C(CS(=O)(=O)O)OC1CCc2ccccc21. The van der Waals surface area contributed by atoms with Crippen LogP contribution in [0, 0.1) is 0 Å². The quantitative estimate of drug-likeness (QED) is 0.647. The lowest BCUT2D eigenvalue weighted by Gasteiger charge is -2.12. The average molecular weight is 256 g/mol. The standard InChI is InChI=1S/C11H12O5S/c12-11(7-17(13,14)15)16-10-6-5-8-3-1-2-4-9(8)10/h1-4,10H,5-7H2,(H,13,14,15). The van der Waals surface area contributed by atoms with Gasteiger partial charge in [-0.1, -0.05) is 24.3 Å². The van der Waals surface area contributed by atoms with E-state index in [1.807, 2.05) is 24.3 Å². The van der Waals surface area contributed by atoms with E-state index in [9.17, 15) is 13.2 Å². The summed E-state index contributed by atoms with van der Waals surface area (Å²) in [5, 5.41) is 0. The van der Waals surface area contributed by atoms with Crippen molar-refractivity contribution < 1.29 is 22.5 Å². The van der Waals surface area contributed by atoms with Crippen LogP contribution < -0.4 is 0 Å². The van der Waals surface area contributed by atoms with Gasteiger partial charge in [-0.3, -0.25) is 9.35 Å². The van der Waals surface area contributed by atoms with Crippen LogP contribution in [-0.4, -0.2) is 24.7 Å². The van der Waals surface area contributed by atoms with Gasteiger partial charge in [0.25, 0.3) is 10.1 Å². The molecule has 92 valence electrons. The molecule has 1 aromatic carbocycles. The summed E-state index contributed by atoms with van der Waals surface area (Å²) in [5.41, 5.74) is 2.02. The number of hydrogen-bond acceptors (Lipinski definition) is 4. The molecule has 5 nitrogen and oxygen atoms in total. The third-order valence-corrected chi connectivity index (χ3v) is 3.25. The minimum absolute atomic E-state index is 0.402. The van der Waals surface area contributed by atoms with Crippen LogP contribution in [0.15, 0.2) is 24.3 Å². The molecule has 1 N–H and O–H groups in total. The Kier molecular flexibility index (Phi) is 3.17. The molecule has 1 aliphatic carbocycles. The van der Waals surface area contributed by atoms with Crippen molar-refractivity contribution in [2.24, 2.45) is 0 Å². The van der Waals surface area contributed by atoms with Gasteiger partial charge in [0.05, 0.1) is 0 Å². The van der Waals surface area contributed by atoms with Crippen LogP contribution in [0.3, 0.4) is 0 Å². The number of fused-ring (bicyclic) bond motifs is 1. The third kappa shape index (κ3) is 3.04. The van der Waals surface area contributed by atoms with E-state index in [2.05, 4.69) is 0 Å². The van der Waals surface area contributed by atoms with Crippen molar-refractivity contribution in [1.29, 1.82) is 0 Å². The van der Waals surface area contributed by atoms with Crippen molar-refractivity contribution in [1.82, 2.24) is 0 Å². The molecule has 17 heavy (non-hydrogen) atoms. The minimum atomic E-state index is -4.32. The smallest absolute Gasteiger partial charge is 0.324 e. The Morgan fingerprint density at radius 3 is 2.82 bits per heavy atom. The minimum Gasteiger partial charge on any atom is -0.457 e. The van der Waals surface area contributed by atoms with Gasteiger partial charge in [0, 0.05) is 0 Å². The predicted octanol–water partition coefficient (Wildman–Crippen LogP) is 1.10. The Morgan fingerprint density at radius 2 is 2.12 bits per heavy atom. The zero-order valence-corrected chi connectivity index (χ0v) is 9.81. The van der Waals surface area contributed by atoms with E-state index < -0.39 is 27.9 Å². The molecule has 0 aliphatic heterocycles. The number of benzene rings is 1. The van der Waals surface area contributed by atoms with Gasteiger partial charge in [0.2, 0.25) is 0 Å². The molecule has 1 aliphatic rings. The molecule has 0 heterocycles. The van der Waals surface area contributed by atoms with E-state index in [4.69, 9.17) is 9.29 Å². The van der Waals surface area contributed by atoms with Crippen LogP contribution in [-0.2, 0) is 26.1 Å². The largest absolute Gasteiger partial charge is 0.457 e. The summed E-state index contributed by atoms with van der Waals surface area (Å²) in [6.45, 7) is 0. The van der Waals surface area contributed by atoms with E-state index in [-0.39, 0.29) is 0 Å². The van der Waals surface area contributed by atoms with Gasteiger partial charge in [0.1, 0.15) is 6.10 Å². The highest BCUT2D eigenvalue weighted by Crippen LogP contribution is 2.33. The van der Waals surface area contributed by atoms with E-state index in [0.29, 0.717) is 6.42 Å². The van der Waals surface area contributed by atoms with Crippen LogP contribution in [0.1, 0.15) is 23.7 Å². The van der Waals surface area contributed by atoms with E-state index in [1.54, 1.807) is 0 Å². The summed E-state index contributed by atoms with van der Waals surface area (Å²) in [5.74, 6) is -1.92. The monoisotopic (exact) mass is 256 g/mol. The first-order valence-corrected chi connectivity index (χ1v) is 6.79. The molecule has 0 saturated heterocycles. The van der Waals surface area contributed by atoms with Gasteiger partial charge in [-0.05, 0) is 24.0 Å². The first-order chi connectivity index (χ1) is 7.96. The molecular formula is C11H12O5S. The summed E-state index contributed by atoms with van der Waals surface area (Å²) in [6, 6.07) is 7.55. The van der Waals surface area contributed by atoms with Gasteiger partial charge in [-0.2, -0.15) is 8.42 Å². The zero-order chi connectivity index (χ0) is 12.5. The molecule has 0 fully saturated rings. The Balaban J connectivity index is 2.05. The van der Waals surface area contributed by atoms with Gasteiger partial charge in [-0.15, -0.1) is 0 Å². The number of carbonyl (C=O) groups excluding carboxylic acids is 1. The van der Waals surface area contributed by atoms with E-state index >= 15 is 0 Å². The zero-order valence-electron chi connectivity index (χ0n) is 9.00. The number of ether oxygens (including phenoxy) is 1. The van der Waals surface area contributed by atoms with Gasteiger partial charge in [-0.25, -0.2) is 0 Å². The van der Waals surface area contributed by atoms with Crippen LogP contribution in [0.4, 0.5) is 0 Å². The Hall–Kier alpha value is -1.40. The molecule has 6 heteroatoms. The molecule has 0 bridgehead atoms. The second-order valence-corrected chi connectivity index (χ2v) is 5.39. The highest BCUT2D eigenvalue weighted by Gasteiger charge is 2.26. The first-order valence-electron chi connectivity index (χ1n) is 5.18. The highest BCUT2D eigenvalue weighted by atomic mass is 32.2. The topological polar surface area (TPSA) is 80.7 Å². The number of esters is 1. The second kappa shape index (κ2) is 4.46. The Morgan fingerprint density at radius 1 is 1.41 bits per heavy atom. The lowest BCUT2D eigenvalue weighted by atomic mass is 10.1. The number of carbonyl (C=O) groups is 1. The van der Waals surface area contributed by atoms with Crippen molar-refractivity contribution >= 4 is 16.1 Å². The Labute approximate surface area is 99.2 Å². The first kappa shape index (κ1) is 12.1. The molecule has 0 amide bonds. The second-order valence-electron chi connectivity index (χ2n) is 3.94. The predicted molar refractivity (Wildman–Crippen MR) is 60.0 cm³/mol. The van der Waals surface area contributed by atoms with Crippen LogP contribution >= 0.6 is 0 Å². The average Bonchev–Trinajstić information content (AvgIpc) is 2.59. The number of hydrogen-bond donors (Lipinski definition) is 1. The maximum absolute atomic E-state index is 11.3. The summed E-state index contributed by atoms with van der Waals surface area (Å²) in [4.78, 5) is 11.3. The van der Waals surface area contributed by atoms with Crippen molar-refractivity contribution in [3.63, 3.8) is 0 Å². The third-order valence-electron chi connectivity index (χ3n) is 2.65. The molecule has 0 spiro atoms. The molecular weight excluding hydrogens is 244 g/mol. The molecule has 1 aromatic rings. The molecule has 0 saturated carbocycles. The maximum atomic E-state index is 11.3. The van der Waals surface area contributed by atoms with E-state index in [0.717, 1.165) is 17.5 Å². The fourth-order valence-corrected chi connectivity index (χ4v) is 2.35. The van der Waals surface area contributed by atoms with Crippen LogP contribution in [0.5, 0.6) is 0 Å². The van der Waals surface area contributed by atoms with Crippen molar-refractivity contribution in [2.75, 3.05) is 5.75 Å². The summed E-state index contributed by atoms with van der Waals surface area (Å²) < 4.78 is 34.6. The summed E-state index contributed by atoms with van der Waals surface area (Å²) in [6.07, 6.45) is 1.05. The Bertz CT molecular complexity index is 535. The molecule has 2 rings (SSSR count).